The molecule has 1 aromatic rings. The van der Waals surface area contributed by atoms with E-state index in [1.807, 2.05) is 13.8 Å². The summed E-state index contributed by atoms with van der Waals surface area (Å²) >= 11 is 0. The number of ketones is 1. The smallest absolute Gasteiger partial charge is 0.193 e. The van der Waals surface area contributed by atoms with Gasteiger partial charge in [-0.25, -0.2) is 0 Å². The van der Waals surface area contributed by atoms with Crippen LogP contribution in [0, 0.1) is 6.92 Å². The number of benzene rings is 1. The van der Waals surface area contributed by atoms with Crippen LogP contribution in [0.2, 0.25) is 0 Å². The molecule has 18 heavy (non-hydrogen) atoms. The largest absolute Gasteiger partial charge is 0.507 e. The van der Waals surface area contributed by atoms with E-state index in [1.165, 1.54) is 20.3 Å². The number of methoxy groups -OCH3 is 2. The monoisotopic (exact) mass is 250 g/mol. The fraction of sp³-hybridized carbons (Fsp3) is 0.357. The summed E-state index contributed by atoms with van der Waals surface area (Å²) < 4.78 is 10.3. The Morgan fingerprint density at radius 3 is 2.22 bits per heavy atom. The number of hydrogen-bond donors (Lipinski definition) is 1. The Labute approximate surface area is 107 Å². The van der Waals surface area contributed by atoms with Gasteiger partial charge in [-0.15, -0.1) is 0 Å². The van der Waals surface area contributed by atoms with E-state index in [2.05, 4.69) is 0 Å². The SMILES string of the molecule is COc1cc(OC)c(C(=O)C=C(C)C)c(O)c1C. The van der Waals surface area contributed by atoms with Crippen molar-refractivity contribution in [2.75, 3.05) is 14.2 Å². The van der Waals surface area contributed by atoms with E-state index in [4.69, 9.17) is 9.47 Å². The van der Waals surface area contributed by atoms with Crippen molar-refractivity contribution in [1.82, 2.24) is 0 Å². The van der Waals surface area contributed by atoms with Gasteiger partial charge < -0.3 is 14.6 Å². The second-order valence-corrected chi connectivity index (χ2v) is 4.22. The fourth-order valence-electron chi connectivity index (χ4n) is 1.67. The number of ether oxygens (including phenoxy) is 2. The van der Waals surface area contributed by atoms with Crippen molar-refractivity contribution in [3.05, 3.63) is 28.8 Å². The Bertz CT molecular complexity index is 497. The molecular formula is C14H18O4. The third kappa shape index (κ3) is 2.64. The van der Waals surface area contributed by atoms with Crippen LogP contribution in [0.15, 0.2) is 17.7 Å². The van der Waals surface area contributed by atoms with E-state index in [0.29, 0.717) is 17.1 Å². The number of carbonyl (C=O) groups is 1. The molecule has 0 spiro atoms. The van der Waals surface area contributed by atoms with Crippen LogP contribution >= 0.6 is 0 Å². The quantitative estimate of drug-likeness (QED) is 0.659. The first-order valence-corrected chi connectivity index (χ1v) is 5.56. The number of phenolic OH excluding ortho intramolecular Hbond substituents is 1. The summed E-state index contributed by atoms with van der Waals surface area (Å²) in [5, 5.41) is 10.1. The number of rotatable bonds is 4. The van der Waals surface area contributed by atoms with Crippen LogP contribution in [-0.2, 0) is 0 Å². The molecule has 0 aliphatic heterocycles. The molecule has 0 aromatic heterocycles. The lowest BCUT2D eigenvalue weighted by Crippen LogP contribution is -2.03. The van der Waals surface area contributed by atoms with E-state index >= 15 is 0 Å². The highest BCUT2D eigenvalue weighted by Crippen LogP contribution is 2.38. The molecule has 4 nitrogen and oxygen atoms in total. The van der Waals surface area contributed by atoms with Crippen LogP contribution < -0.4 is 9.47 Å². The molecule has 0 fully saturated rings. The Balaban J connectivity index is 3.48. The molecule has 0 atom stereocenters. The van der Waals surface area contributed by atoms with Gasteiger partial charge in [0.05, 0.1) is 14.2 Å². The first kappa shape index (κ1) is 14.1. The Hall–Kier alpha value is -1.97. The molecule has 0 amide bonds. The van der Waals surface area contributed by atoms with Crippen molar-refractivity contribution < 1.29 is 19.4 Å². The van der Waals surface area contributed by atoms with Gasteiger partial charge in [-0.1, -0.05) is 5.57 Å². The molecule has 0 heterocycles. The minimum atomic E-state index is -0.282. The predicted molar refractivity (Wildman–Crippen MR) is 69.7 cm³/mol. The summed E-state index contributed by atoms with van der Waals surface area (Å²) in [7, 11) is 2.95. The first-order valence-electron chi connectivity index (χ1n) is 5.56. The Morgan fingerprint density at radius 2 is 1.78 bits per heavy atom. The van der Waals surface area contributed by atoms with Crippen molar-refractivity contribution in [1.29, 1.82) is 0 Å². The maximum atomic E-state index is 12.1. The van der Waals surface area contributed by atoms with Gasteiger partial charge >= 0.3 is 0 Å². The van der Waals surface area contributed by atoms with Gasteiger partial charge in [0, 0.05) is 11.6 Å². The lowest BCUT2D eigenvalue weighted by Gasteiger charge is -2.14. The zero-order valence-corrected chi connectivity index (χ0v) is 11.3. The van der Waals surface area contributed by atoms with Crippen LogP contribution in [-0.4, -0.2) is 25.1 Å². The molecule has 1 aromatic carbocycles. The van der Waals surface area contributed by atoms with Gasteiger partial charge in [0.2, 0.25) is 0 Å². The molecule has 0 aliphatic carbocycles. The molecule has 0 radical (unpaired) electrons. The minimum absolute atomic E-state index is 0.103. The number of hydrogen-bond acceptors (Lipinski definition) is 4. The van der Waals surface area contributed by atoms with Crippen LogP contribution in [0.5, 0.6) is 17.2 Å². The van der Waals surface area contributed by atoms with E-state index in [1.54, 1.807) is 13.0 Å². The molecule has 4 heteroatoms. The van der Waals surface area contributed by atoms with Gasteiger partial charge in [0.1, 0.15) is 22.8 Å². The normalized spacial score (nSPS) is 9.83. The molecule has 0 saturated heterocycles. The summed E-state index contributed by atoms with van der Waals surface area (Å²) in [6, 6.07) is 1.60. The van der Waals surface area contributed by atoms with Gasteiger partial charge in [-0.05, 0) is 26.8 Å². The van der Waals surface area contributed by atoms with Crippen molar-refractivity contribution in [3.8, 4) is 17.2 Å². The minimum Gasteiger partial charge on any atom is -0.507 e. The third-order valence-corrected chi connectivity index (χ3v) is 2.58. The second kappa shape index (κ2) is 5.58. The molecular weight excluding hydrogens is 232 g/mol. The molecule has 1 N–H and O–H groups in total. The molecule has 0 bridgehead atoms. The predicted octanol–water partition coefficient (Wildman–Crippen LogP) is 2.87. The number of phenols is 1. The van der Waals surface area contributed by atoms with Crippen molar-refractivity contribution in [3.63, 3.8) is 0 Å². The van der Waals surface area contributed by atoms with Crippen molar-refractivity contribution in [2.24, 2.45) is 0 Å². The summed E-state index contributed by atoms with van der Waals surface area (Å²) in [6.45, 7) is 5.32. The lowest BCUT2D eigenvalue weighted by molar-refractivity contribution is 0.104. The van der Waals surface area contributed by atoms with Crippen molar-refractivity contribution in [2.45, 2.75) is 20.8 Å². The molecule has 0 aliphatic rings. The van der Waals surface area contributed by atoms with Crippen molar-refractivity contribution >= 4 is 5.78 Å². The fourth-order valence-corrected chi connectivity index (χ4v) is 1.67. The summed E-state index contributed by atoms with van der Waals surface area (Å²) in [5.74, 6) is 0.402. The molecule has 0 saturated carbocycles. The average molecular weight is 250 g/mol. The Kier molecular flexibility index (Phi) is 4.37. The first-order chi connectivity index (χ1) is 8.42. The maximum Gasteiger partial charge on any atom is 0.193 e. The highest BCUT2D eigenvalue weighted by atomic mass is 16.5. The average Bonchev–Trinajstić information content (AvgIpc) is 2.31. The summed E-state index contributed by atoms with van der Waals surface area (Å²) in [6.07, 6.45) is 1.46. The van der Waals surface area contributed by atoms with Crippen LogP contribution in [0.1, 0.15) is 29.8 Å². The van der Waals surface area contributed by atoms with Gasteiger partial charge in [0.15, 0.2) is 5.78 Å². The van der Waals surface area contributed by atoms with Crippen LogP contribution in [0.4, 0.5) is 0 Å². The summed E-state index contributed by atoms with van der Waals surface area (Å²) in [4.78, 5) is 12.1. The standard InChI is InChI=1S/C14H18O4/c1-8(2)6-10(15)13-12(18-5)7-11(17-4)9(3)14(13)16/h6-7,16H,1-5H3. The highest BCUT2D eigenvalue weighted by molar-refractivity contribution is 6.09. The van der Waals surface area contributed by atoms with E-state index in [9.17, 15) is 9.90 Å². The van der Waals surface area contributed by atoms with Gasteiger partial charge in [-0.2, -0.15) is 0 Å². The van der Waals surface area contributed by atoms with E-state index in [-0.39, 0.29) is 17.1 Å². The molecule has 0 unspecified atom stereocenters. The zero-order valence-electron chi connectivity index (χ0n) is 11.3. The van der Waals surface area contributed by atoms with E-state index in [0.717, 1.165) is 5.57 Å². The van der Waals surface area contributed by atoms with Gasteiger partial charge in [0.25, 0.3) is 0 Å². The zero-order chi connectivity index (χ0) is 13.9. The highest BCUT2D eigenvalue weighted by Gasteiger charge is 2.20. The lowest BCUT2D eigenvalue weighted by atomic mass is 10.0. The van der Waals surface area contributed by atoms with Crippen LogP contribution in [0.3, 0.4) is 0 Å². The van der Waals surface area contributed by atoms with Crippen LogP contribution in [0.25, 0.3) is 0 Å². The van der Waals surface area contributed by atoms with Gasteiger partial charge in [-0.3, -0.25) is 4.79 Å². The molecule has 98 valence electrons. The number of aromatic hydroxyl groups is 1. The Morgan fingerprint density at radius 1 is 1.22 bits per heavy atom. The second-order valence-electron chi connectivity index (χ2n) is 4.22. The number of allylic oxidation sites excluding steroid dienone is 2. The number of carbonyl (C=O) groups excluding carboxylic acids is 1. The molecule has 1 rings (SSSR count). The topological polar surface area (TPSA) is 55.8 Å². The summed E-state index contributed by atoms with van der Waals surface area (Å²) in [5.41, 5.74) is 1.54. The maximum absolute atomic E-state index is 12.1. The van der Waals surface area contributed by atoms with E-state index < -0.39 is 0 Å². The third-order valence-electron chi connectivity index (χ3n) is 2.58.